The van der Waals surface area contributed by atoms with Crippen LogP contribution >= 0.6 is 0 Å². The number of nitrogens with zero attached hydrogens (tertiary/aromatic N) is 4. The maximum atomic E-state index is 14.8. The Bertz CT molecular complexity index is 1120. The number of hydrogen-bond donors (Lipinski definition) is 2. The van der Waals surface area contributed by atoms with Crippen molar-refractivity contribution in [1.29, 1.82) is 0 Å². The van der Waals surface area contributed by atoms with Crippen LogP contribution in [-0.2, 0) is 5.92 Å². The van der Waals surface area contributed by atoms with Crippen molar-refractivity contribution in [3.8, 4) is 0 Å². The Morgan fingerprint density at radius 2 is 2.06 bits per heavy atom. The number of halogens is 3. The van der Waals surface area contributed by atoms with Gasteiger partial charge in [-0.05, 0) is 26.3 Å². The zero-order valence-corrected chi connectivity index (χ0v) is 17.5. The molecule has 0 spiro atoms. The molecule has 1 aliphatic heterocycles. The molecule has 2 N–H and O–H groups in total. The Hall–Kier alpha value is -2.94. The second kappa shape index (κ2) is 7.96. The van der Waals surface area contributed by atoms with Crippen molar-refractivity contribution < 1.29 is 18.3 Å². The summed E-state index contributed by atoms with van der Waals surface area (Å²) in [5, 5.41) is 22.0. The summed E-state index contributed by atoms with van der Waals surface area (Å²) in [6.07, 6.45) is 2.04. The molecule has 2 aromatic heterocycles. The number of nitrogens with one attached hydrogen (secondary N) is 1. The smallest absolute Gasteiger partial charge is 0.273 e. The summed E-state index contributed by atoms with van der Waals surface area (Å²) in [7, 11) is 0. The first-order valence-electron chi connectivity index (χ1n) is 10.1. The molecule has 1 aromatic carbocycles. The maximum absolute atomic E-state index is 14.8. The van der Waals surface area contributed by atoms with Crippen LogP contribution in [0.5, 0.6) is 0 Å². The van der Waals surface area contributed by atoms with Gasteiger partial charge in [-0.2, -0.15) is 5.10 Å². The van der Waals surface area contributed by atoms with Crippen molar-refractivity contribution in [3.05, 3.63) is 53.1 Å². The molecule has 1 aliphatic rings. The lowest BCUT2D eigenvalue weighted by Crippen LogP contribution is -2.21. The Kier molecular flexibility index (Phi) is 5.47. The lowest BCUT2D eigenvalue weighted by Gasteiger charge is -2.21. The van der Waals surface area contributed by atoms with Gasteiger partial charge in [-0.3, -0.25) is 4.98 Å². The standard InChI is InChI=1S/C22H24F3N5O/c1-12(16-5-4-6-18(19(16)23)22(3,24)25)27-21-17-9-14(30-8-7-15(31)11-30)10-26-20(17)13(2)28-29-21/h4-6,9-10,12,15,31H,7-8,11H2,1-3H3,(H,27,29)/t12-,15+/m1/s1. The molecule has 3 heterocycles. The maximum Gasteiger partial charge on any atom is 0.273 e. The van der Waals surface area contributed by atoms with Crippen LogP contribution in [0.1, 0.15) is 43.1 Å². The van der Waals surface area contributed by atoms with E-state index in [0.29, 0.717) is 48.8 Å². The fourth-order valence-electron chi connectivity index (χ4n) is 3.91. The molecule has 0 radical (unpaired) electrons. The molecule has 0 amide bonds. The lowest BCUT2D eigenvalue weighted by atomic mass is 10.0. The number of benzene rings is 1. The largest absolute Gasteiger partial charge is 0.391 e. The highest BCUT2D eigenvalue weighted by atomic mass is 19.3. The minimum Gasteiger partial charge on any atom is -0.391 e. The molecule has 0 saturated carbocycles. The van der Waals surface area contributed by atoms with Gasteiger partial charge in [0.1, 0.15) is 5.82 Å². The third kappa shape index (κ3) is 4.14. The Morgan fingerprint density at radius 1 is 1.29 bits per heavy atom. The second-order valence-corrected chi connectivity index (χ2v) is 8.08. The van der Waals surface area contributed by atoms with Crippen molar-refractivity contribution >= 4 is 22.4 Å². The number of fused-ring (bicyclic) bond motifs is 1. The number of rotatable bonds is 5. The van der Waals surface area contributed by atoms with E-state index < -0.39 is 23.3 Å². The fourth-order valence-corrected chi connectivity index (χ4v) is 3.91. The zero-order valence-electron chi connectivity index (χ0n) is 17.5. The number of anilines is 2. The molecule has 1 fully saturated rings. The number of aliphatic hydroxyl groups excluding tert-OH is 1. The molecular formula is C22H24F3N5O. The van der Waals surface area contributed by atoms with Crippen LogP contribution in [0.3, 0.4) is 0 Å². The fraction of sp³-hybridized carbons (Fsp3) is 0.409. The topological polar surface area (TPSA) is 74.2 Å². The first-order valence-corrected chi connectivity index (χ1v) is 10.1. The summed E-state index contributed by atoms with van der Waals surface area (Å²) in [4.78, 5) is 6.55. The van der Waals surface area contributed by atoms with Crippen LogP contribution in [0.2, 0.25) is 0 Å². The third-order valence-corrected chi connectivity index (χ3v) is 5.62. The lowest BCUT2D eigenvalue weighted by molar-refractivity contribution is 0.0136. The molecule has 0 unspecified atom stereocenters. The van der Waals surface area contributed by atoms with Crippen LogP contribution < -0.4 is 10.2 Å². The van der Waals surface area contributed by atoms with Crippen LogP contribution in [0.15, 0.2) is 30.5 Å². The van der Waals surface area contributed by atoms with Gasteiger partial charge in [0.25, 0.3) is 5.92 Å². The highest BCUT2D eigenvalue weighted by Gasteiger charge is 2.30. The van der Waals surface area contributed by atoms with E-state index in [-0.39, 0.29) is 11.7 Å². The number of hydrogen-bond acceptors (Lipinski definition) is 6. The summed E-state index contributed by atoms with van der Waals surface area (Å²) in [5.74, 6) is -3.84. The molecule has 0 bridgehead atoms. The molecule has 9 heteroatoms. The van der Waals surface area contributed by atoms with Crippen molar-refractivity contribution in [2.75, 3.05) is 23.3 Å². The highest BCUT2D eigenvalue weighted by molar-refractivity contribution is 5.92. The molecule has 6 nitrogen and oxygen atoms in total. The average molecular weight is 431 g/mol. The quantitative estimate of drug-likeness (QED) is 0.627. The van der Waals surface area contributed by atoms with E-state index in [1.54, 1.807) is 20.0 Å². The highest BCUT2D eigenvalue weighted by Crippen LogP contribution is 2.34. The van der Waals surface area contributed by atoms with E-state index in [9.17, 15) is 18.3 Å². The molecule has 4 rings (SSSR count). The van der Waals surface area contributed by atoms with E-state index in [4.69, 9.17) is 0 Å². The van der Waals surface area contributed by atoms with Crippen LogP contribution in [-0.4, -0.2) is 39.5 Å². The SMILES string of the molecule is Cc1nnc(N[C@H](C)c2cccc(C(C)(F)F)c2F)c2cc(N3CC[C@H](O)C3)cnc12. The van der Waals surface area contributed by atoms with Gasteiger partial charge in [-0.1, -0.05) is 18.2 Å². The summed E-state index contributed by atoms with van der Waals surface area (Å²) in [6, 6.07) is 5.25. The number of aryl methyl sites for hydroxylation is 1. The second-order valence-electron chi connectivity index (χ2n) is 8.08. The number of pyridine rings is 1. The van der Waals surface area contributed by atoms with Gasteiger partial charge in [0.05, 0.1) is 40.8 Å². The summed E-state index contributed by atoms with van der Waals surface area (Å²) in [5.41, 5.74) is 1.59. The van der Waals surface area contributed by atoms with E-state index in [1.807, 2.05) is 11.0 Å². The van der Waals surface area contributed by atoms with Crippen LogP contribution in [0.4, 0.5) is 24.7 Å². The summed E-state index contributed by atoms with van der Waals surface area (Å²) in [6.45, 7) is 5.38. The van der Waals surface area contributed by atoms with Crippen LogP contribution in [0, 0.1) is 12.7 Å². The first-order chi connectivity index (χ1) is 14.6. The van der Waals surface area contributed by atoms with Crippen molar-refractivity contribution in [1.82, 2.24) is 15.2 Å². The minimum atomic E-state index is -3.28. The monoisotopic (exact) mass is 431 g/mol. The van der Waals surface area contributed by atoms with Gasteiger partial charge >= 0.3 is 0 Å². The summed E-state index contributed by atoms with van der Waals surface area (Å²) >= 11 is 0. The number of alkyl halides is 2. The van der Waals surface area contributed by atoms with E-state index in [0.717, 1.165) is 11.8 Å². The van der Waals surface area contributed by atoms with Crippen LogP contribution in [0.25, 0.3) is 10.9 Å². The van der Waals surface area contributed by atoms with Gasteiger partial charge in [-0.15, -0.1) is 5.10 Å². The predicted octanol–water partition coefficient (Wildman–Crippen LogP) is 4.33. The molecular weight excluding hydrogens is 407 g/mol. The molecule has 0 aliphatic carbocycles. The average Bonchev–Trinajstić information content (AvgIpc) is 3.15. The van der Waals surface area contributed by atoms with E-state index >= 15 is 0 Å². The number of β-amino-alcohol motifs (C(OH)–C–C–N with tert-alkyl or cyclic N) is 1. The molecule has 3 aromatic rings. The Morgan fingerprint density at radius 3 is 2.74 bits per heavy atom. The van der Waals surface area contributed by atoms with Gasteiger partial charge in [0.15, 0.2) is 5.82 Å². The van der Waals surface area contributed by atoms with Gasteiger partial charge in [0.2, 0.25) is 0 Å². The first kappa shape index (κ1) is 21.3. The number of aromatic nitrogens is 3. The number of aliphatic hydroxyl groups is 1. The minimum absolute atomic E-state index is 0.112. The molecule has 164 valence electrons. The molecule has 1 saturated heterocycles. The zero-order chi connectivity index (χ0) is 22.3. The normalized spacial score (nSPS) is 17.9. The predicted molar refractivity (Wildman–Crippen MR) is 113 cm³/mol. The summed E-state index contributed by atoms with van der Waals surface area (Å²) < 4.78 is 42.3. The Labute approximate surface area is 178 Å². The van der Waals surface area contributed by atoms with Gasteiger partial charge in [-0.25, -0.2) is 13.2 Å². The van der Waals surface area contributed by atoms with Crippen molar-refractivity contribution in [2.24, 2.45) is 0 Å². The third-order valence-electron chi connectivity index (χ3n) is 5.62. The van der Waals surface area contributed by atoms with Gasteiger partial charge in [0, 0.05) is 31.0 Å². The van der Waals surface area contributed by atoms with Crippen molar-refractivity contribution in [3.63, 3.8) is 0 Å². The van der Waals surface area contributed by atoms with E-state index in [2.05, 4.69) is 20.5 Å². The van der Waals surface area contributed by atoms with Crippen molar-refractivity contribution in [2.45, 2.75) is 45.3 Å². The Balaban J connectivity index is 1.71. The molecule has 31 heavy (non-hydrogen) atoms. The van der Waals surface area contributed by atoms with Gasteiger partial charge < -0.3 is 15.3 Å². The molecule has 2 atom stereocenters. The van der Waals surface area contributed by atoms with E-state index in [1.165, 1.54) is 12.1 Å².